The van der Waals surface area contributed by atoms with E-state index in [-0.39, 0.29) is 24.5 Å². The number of aliphatic hydroxyl groups excluding tert-OH is 1. The van der Waals surface area contributed by atoms with Crippen LogP contribution in [0, 0.1) is 6.92 Å². The fraction of sp³-hybridized carbons (Fsp3) is 0.609. The molecule has 0 aromatic heterocycles. The molecule has 1 saturated carbocycles. The van der Waals surface area contributed by atoms with Crippen LogP contribution in [0.25, 0.3) is 0 Å². The predicted molar refractivity (Wildman–Crippen MR) is 117 cm³/mol. The van der Waals surface area contributed by atoms with E-state index in [1.54, 1.807) is 0 Å². The first-order valence-electron chi connectivity index (χ1n) is 11.4. The second-order valence-corrected chi connectivity index (χ2v) is 8.60. The number of nitrogens with one attached hydrogen (secondary N) is 1. The molecule has 0 unspecified atom stereocenters. The zero-order valence-electron chi connectivity index (χ0n) is 18.2. The molecule has 168 valence electrons. The van der Waals surface area contributed by atoms with Gasteiger partial charge in [0.25, 0.3) is 0 Å². The smallest absolute Gasteiger partial charge is 0.246 e. The molecule has 8 heteroatoms. The number of hydrogen-bond acceptors (Lipinski definition) is 6. The van der Waals surface area contributed by atoms with E-state index >= 15 is 0 Å². The SMILES string of the molecule is Cc1ccc2c(c1OCCCC(=O)N(CCO)C1CCCCC1)CN1CC(=O)NC1=N2. The van der Waals surface area contributed by atoms with Crippen LogP contribution in [0.15, 0.2) is 17.1 Å². The van der Waals surface area contributed by atoms with Crippen LogP contribution in [0.1, 0.15) is 56.1 Å². The molecule has 31 heavy (non-hydrogen) atoms. The standard InChI is InChI=1S/C23H32N4O4/c1-16-9-10-19-18(14-26-15-20(29)25-23(26)24-19)22(16)31-13-5-8-21(30)27(11-12-28)17-6-3-2-4-7-17/h9-10,17,28H,2-8,11-15H2,1H3,(H,24,25,29). The van der Waals surface area contributed by atoms with Gasteiger partial charge in [-0.2, -0.15) is 0 Å². The summed E-state index contributed by atoms with van der Waals surface area (Å²) in [5.74, 6) is 1.46. The van der Waals surface area contributed by atoms with Crippen LogP contribution in [0.3, 0.4) is 0 Å². The lowest BCUT2D eigenvalue weighted by Crippen LogP contribution is -2.43. The highest BCUT2D eigenvalue weighted by Crippen LogP contribution is 2.36. The fourth-order valence-electron chi connectivity index (χ4n) is 4.77. The van der Waals surface area contributed by atoms with Gasteiger partial charge in [0.15, 0.2) is 0 Å². The highest BCUT2D eigenvalue weighted by Gasteiger charge is 2.31. The molecule has 8 nitrogen and oxygen atoms in total. The van der Waals surface area contributed by atoms with Gasteiger partial charge < -0.3 is 19.6 Å². The number of guanidine groups is 1. The summed E-state index contributed by atoms with van der Waals surface area (Å²) < 4.78 is 6.12. The average molecular weight is 429 g/mol. The Morgan fingerprint density at radius 1 is 1.29 bits per heavy atom. The van der Waals surface area contributed by atoms with Crippen molar-refractivity contribution in [2.75, 3.05) is 26.3 Å². The van der Waals surface area contributed by atoms with E-state index in [0.29, 0.717) is 45.0 Å². The molecular weight excluding hydrogens is 396 g/mol. The summed E-state index contributed by atoms with van der Waals surface area (Å²) in [7, 11) is 0. The third-order valence-corrected chi connectivity index (χ3v) is 6.35. The topological polar surface area (TPSA) is 94.5 Å². The molecule has 0 spiro atoms. The second kappa shape index (κ2) is 9.68. The number of hydrogen-bond donors (Lipinski definition) is 2. The average Bonchev–Trinajstić information content (AvgIpc) is 3.14. The summed E-state index contributed by atoms with van der Waals surface area (Å²) in [6.45, 7) is 3.74. The minimum Gasteiger partial charge on any atom is -0.493 e. The van der Waals surface area contributed by atoms with Gasteiger partial charge in [-0.1, -0.05) is 25.3 Å². The van der Waals surface area contributed by atoms with Crippen LogP contribution in [0.2, 0.25) is 0 Å². The van der Waals surface area contributed by atoms with Gasteiger partial charge in [0.2, 0.25) is 17.8 Å². The first kappa shape index (κ1) is 21.6. The summed E-state index contributed by atoms with van der Waals surface area (Å²) in [4.78, 5) is 32.8. The number of ether oxygens (including phenoxy) is 1. The molecule has 2 fully saturated rings. The number of carbonyl (C=O) groups excluding carboxylic acids is 2. The van der Waals surface area contributed by atoms with Crippen LogP contribution < -0.4 is 10.1 Å². The quantitative estimate of drug-likeness (QED) is 0.620. The molecular formula is C23H32N4O4. The Kier molecular flexibility index (Phi) is 6.75. The number of amides is 2. The van der Waals surface area contributed by atoms with Gasteiger partial charge in [0, 0.05) is 24.6 Å². The van der Waals surface area contributed by atoms with Gasteiger partial charge in [-0.3, -0.25) is 14.9 Å². The maximum atomic E-state index is 12.8. The van der Waals surface area contributed by atoms with Crippen molar-refractivity contribution in [3.8, 4) is 5.75 Å². The molecule has 1 aliphatic carbocycles. The molecule has 4 rings (SSSR count). The summed E-state index contributed by atoms with van der Waals surface area (Å²) in [6.07, 6.45) is 6.65. The van der Waals surface area contributed by atoms with Crippen LogP contribution >= 0.6 is 0 Å². The van der Waals surface area contributed by atoms with Gasteiger partial charge in [-0.25, -0.2) is 4.99 Å². The molecule has 1 aromatic carbocycles. The Balaban J connectivity index is 1.34. The number of nitrogens with zero attached hydrogens (tertiary/aromatic N) is 3. The van der Waals surface area contributed by atoms with Crippen molar-refractivity contribution in [3.63, 3.8) is 0 Å². The van der Waals surface area contributed by atoms with E-state index in [2.05, 4.69) is 10.3 Å². The van der Waals surface area contributed by atoms with Gasteiger partial charge >= 0.3 is 0 Å². The van der Waals surface area contributed by atoms with Gasteiger partial charge in [0.05, 0.1) is 25.4 Å². The summed E-state index contributed by atoms with van der Waals surface area (Å²) >= 11 is 0. The number of carbonyl (C=O) groups is 2. The first-order valence-corrected chi connectivity index (χ1v) is 11.4. The number of fused-ring (bicyclic) bond motifs is 2. The molecule has 1 aromatic rings. The van der Waals surface area contributed by atoms with E-state index in [0.717, 1.165) is 48.2 Å². The monoisotopic (exact) mass is 428 g/mol. The molecule has 2 aliphatic heterocycles. The minimum absolute atomic E-state index is 0.00442. The number of benzene rings is 1. The molecule has 0 atom stereocenters. The van der Waals surface area contributed by atoms with Crippen molar-refractivity contribution in [3.05, 3.63) is 23.3 Å². The number of aryl methyl sites for hydroxylation is 1. The van der Waals surface area contributed by atoms with Gasteiger partial charge in [-0.15, -0.1) is 0 Å². The predicted octanol–water partition coefficient (Wildman–Crippen LogP) is 2.24. The van der Waals surface area contributed by atoms with E-state index in [1.165, 1.54) is 6.42 Å². The molecule has 3 aliphatic rings. The Morgan fingerprint density at radius 3 is 2.87 bits per heavy atom. The largest absolute Gasteiger partial charge is 0.493 e. The second-order valence-electron chi connectivity index (χ2n) is 8.60. The molecule has 2 amide bonds. The summed E-state index contributed by atoms with van der Waals surface area (Å²) in [5, 5.41) is 12.2. The Morgan fingerprint density at radius 2 is 2.10 bits per heavy atom. The summed E-state index contributed by atoms with van der Waals surface area (Å²) in [6, 6.07) is 4.19. The maximum Gasteiger partial charge on any atom is 0.246 e. The van der Waals surface area contributed by atoms with Gasteiger partial charge in [0.1, 0.15) is 12.3 Å². The van der Waals surface area contributed by atoms with Crippen molar-refractivity contribution in [1.82, 2.24) is 15.1 Å². The van der Waals surface area contributed by atoms with Crippen molar-refractivity contribution in [2.45, 2.75) is 64.5 Å². The van der Waals surface area contributed by atoms with Crippen molar-refractivity contribution >= 4 is 23.5 Å². The lowest BCUT2D eigenvalue weighted by atomic mass is 9.94. The molecule has 2 N–H and O–H groups in total. The van der Waals surface area contributed by atoms with E-state index in [1.807, 2.05) is 28.9 Å². The van der Waals surface area contributed by atoms with Crippen molar-refractivity contribution in [2.24, 2.45) is 4.99 Å². The molecule has 2 heterocycles. The Bertz CT molecular complexity index is 863. The third-order valence-electron chi connectivity index (χ3n) is 6.35. The number of aliphatic imine (C=N–C) groups is 1. The van der Waals surface area contributed by atoms with Crippen LogP contribution in [0.5, 0.6) is 5.75 Å². The highest BCUT2D eigenvalue weighted by molar-refractivity contribution is 6.06. The van der Waals surface area contributed by atoms with Gasteiger partial charge in [-0.05, 0) is 37.8 Å². The molecule has 0 radical (unpaired) electrons. The summed E-state index contributed by atoms with van der Waals surface area (Å²) in [5.41, 5.74) is 2.82. The minimum atomic E-state index is -0.0466. The zero-order chi connectivity index (χ0) is 21.8. The fourth-order valence-corrected chi connectivity index (χ4v) is 4.77. The van der Waals surface area contributed by atoms with Crippen molar-refractivity contribution < 1.29 is 19.4 Å². The van der Waals surface area contributed by atoms with E-state index < -0.39 is 0 Å². The van der Waals surface area contributed by atoms with Crippen molar-refractivity contribution in [1.29, 1.82) is 0 Å². The lowest BCUT2D eigenvalue weighted by molar-refractivity contribution is -0.135. The third kappa shape index (κ3) is 4.84. The molecule has 1 saturated heterocycles. The highest BCUT2D eigenvalue weighted by atomic mass is 16.5. The molecule has 0 bridgehead atoms. The number of rotatable bonds is 8. The Labute approximate surface area is 183 Å². The zero-order valence-corrected chi connectivity index (χ0v) is 18.2. The number of aliphatic hydroxyl groups is 1. The Hall–Kier alpha value is -2.61. The normalized spacial score (nSPS) is 18.2. The van der Waals surface area contributed by atoms with E-state index in [4.69, 9.17) is 4.74 Å². The van der Waals surface area contributed by atoms with Crippen LogP contribution in [-0.4, -0.2) is 65.0 Å². The first-order chi connectivity index (χ1) is 15.1. The lowest BCUT2D eigenvalue weighted by Gasteiger charge is -2.34. The van der Waals surface area contributed by atoms with E-state index in [9.17, 15) is 14.7 Å². The van der Waals surface area contributed by atoms with Crippen LogP contribution in [0.4, 0.5) is 5.69 Å². The van der Waals surface area contributed by atoms with Crippen LogP contribution in [-0.2, 0) is 16.1 Å². The maximum absolute atomic E-state index is 12.8.